The summed E-state index contributed by atoms with van der Waals surface area (Å²) in [7, 11) is 0. The molecule has 2 N–H and O–H groups in total. The van der Waals surface area contributed by atoms with Crippen molar-refractivity contribution in [1.29, 1.82) is 0 Å². The minimum Gasteiger partial charge on any atom is -0.475 e. The van der Waals surface area contributed by atoms with Gasteiger partial charge in [0.25, 0.3) is 0 Å². The van der Waals surface area contributed by atoms with Gasteiger partial charge in [0, 0.05) is 31.6 Å². The number of para-hydroxylation sites is 1. The number of aromatic nitrogens is 3. The number of carboxylic acid groups (broad SMARTS) is 2. The number of ether oxygens (including phenoxy) is 1. The minimum absolute atomic E-state index is 0.275. The number of pyridine rings is 1. The molecule has 0 saturated carbocycles. The maximum atomic E-state index is 10.6. The molecule has 0 fully saturated rings. The number of nitrogens with zero attached hydrogens (tertiary/aromatic N) is 4. The number of alkyl halides is 6. The second kappa shape index (κ2) is 13.4. The highest BCUT2D eigenvalue weighted by Crippen LogP contribution is 2.27. The van der Waals surface area contributed by atoms with Crippen LogP contribution in [0, 0.1) is 0 Å². The van der Waals surface area contributed by atoms with Gasteiger partial charge in [0.05, 0.1) is 35.8 Å². The van der Waals surface area contributed by atoms with Crippen molar-refractivity contribution < 1.29 is 50.9 Å². The first kappa shape index (κ1) is 31.5. The zero-order chi connectivity index (χ0) is 29.4. The van der Waals surface area contributed by atoms with Crippen molar-refractivity contribution in [2.45, 2.75) is 51.9 Å². The van der Waals surface area contributed by atoms with Crippen LogP contribution < -0.4 is 0 Å². The van der Waals surface area contributed by atoms with Gasteiger partial charge in [0.15, 0.2) is 0 Å². The van der Waals surface area contributed by atoms with Crippen LogP contribution in [-0.4, -0.2) is 67.1 Å². The molecule has 1 aliphatic heterocycles. The van der Waals surface area contributed by atoms with Crippen LogP contribution in [0.4, 0.5) is 26.3 Å². The van der Waals surface area contributed by atoms with Crippen molar-refractivity contribution in [3.8, 4) is 0 Å². The summed E-state index contributed by atoms with van der Waals surface area (Å²) in [6.07, 6.45) is -8.21. The Morgan fingerprint density at radius 2 is 1.59 bits per heavy atom. The molecule has 3 heterocycles. The summed E-state index contributed by atoms with van der Waals surface area (Å²) in [4.78, 5) is 29.7. The Balaban J connectivity index is 0.000000317. The standard InChI is InChI=1S/C20H24N4O.2C2HF3O2/c1-3-25-14-18-12-21-20-15(2)23(10-11-24(18)20)13-17-9-8-16-6-4-5-7-19(16)22-17;2*3-2(4,5)1(6)7/h4-9,12,15H,3,10-11,13-14H2,1-2H3;2*(H,6,7). The molecule has 3 aromatic rings. The van der Waals surface area contributed by atoms with E-state index in [-0.39, 0.29) is 6.04 Å². The monoisotopic (exact) mass is 564 g/mol. The summed E-state index contributed by atoms with van der Waals surface area (Å²) >= 11 is 0. The topological polar surface area (TPSA) is 118 Å². The molecule has 214 valence electrons. The van der Waals surface area contributed by atoms with E-state index in [2.05, 4.69) is 51.7 Å². The summed E-state index contributed by atoms with van der Waals surface area (Å²) in [6, 6.07) is 12.8. The number of halogens is 6. The summed E-state index contributed by atoms with van der Waals surface area (Å²) in [5.41, 5.74) is 3.34. The Kier molecular flexibility index (Phi) is 10.8. The van der Waals surface area contributed by atoms with Gasteiger partial charge in [-0.2, -0.15) is 26.3 Å². The molecule has 15 heteroatoms. The summed E-state index contributed by atoms with van der Waals surface area (Å²) in [5.74, 6) is -4.39. The molecular weight excluding hydrogens is 538 g/mol. The lowest BCUT2D eigenvalue weighted by molar-refractivity contribution is -0.193. The van der Waals surface area contributed by atoms with E-state index < -0.39 is 24.3 Å². The van der Waals surface area contributed by atoms with Crippen molar-refractivity contribution >= 4 is 22.8 Å². The highest BCUT2D eigenvalue weighted by molar-refractivity contribution is 5.78. The third-order valence-corrected chi connectivity index (χ3v) is 5.46. The fourth-order valence-electron chi connectivity index (χ4n) is 3.55. The normalized spacial score (nSPS) is 15.4. The number of benzene rings is 1. The van der Waals surface area contributed by atoms with Crippen LogP contribution >= 0.6 is 0 Å². The molecule has 2 aromatic heterocycles. The van der Waals surface area contributed by atoms with Gasteiger partial charge in [-0.25, -0.2) is 14.6 Å². The van der Waals surface area contributed by atoms with Crippen molar-refractivity contribution in [2.24, 2.45) is 0 Å². The molecule has 0 aliphatic carbocycles. The lowest BCUT2D eigenvalue weighted by Gasteiger charge is -2.34. The van der Waals surface area contributed by atoms with E-state index in [4.69, 9.17) is 29.5 Å². The zero-order valence-corrected chi connectivity index (χ0v) is 20.8. The van der Waals surface area contributed by atoms with Crippen LogP contribution in [0.3, 0.4) is 0 Å². The number of carbonyl (C=O) groups is 2. The number of hydrogen-bond donors (Lipinski definition) is 2. The fourth-order valence-corrected chi connectivity index (χ4v) is 3.55. The fraction of sp³-hybridized carbons (Fsp3) is 0.417. The molecule has 1 aromatic carbocycles. The van der Waals surface area contributed by atoms with Crippen LogP contribution in [0.5, 0.6) is 0 Å². The highest BCUT2D eigenvalue weighted by Gasteiger charge is 2.38. The van der Waals surface area contributed by atoms with Gasteiger partial charge in [-0.1, -0.05) is 24.3 Å². The SMILES string of the molecule is CCOCc1cnc2n1CCN(Cc1ccc3ccccc3n1)C2C.O=C(O)C(F)(F)F.O=C(O)C(F)(F)F. The average Bonchev–Trinajstić information content (AvgIpc) is 3.27. The second-order valence-corrected chi connectivity index (χ2v) is 8.14. The molecule has 0 spiro atoms. The second-order valence-electron chi connectivity index (χ2n) is 8.14. The Hall–Kier alpha value is -3.72. The molecule has 0 radical (unpaired) electrons. The Bertz CT molecular complexity index is 1240. The lowest BCUT2D eigenvalue weighted by Crippen LogP contribution is -2.37. The predicted octanol–water partition coefficient (Wildman–Crippen LogP) is 4.81. The molecule has 1 atom stereocenters. The van der Waals surface area contributed by atoms with Crippen molar-refractivity contribution in [3.63, 3.8) is 0 Å². The molecule has 0 amide bonds. The number of carboxylic acids is 2. The highest BCUT2D eigenvalue weighted by atomic mass is 19.4. The van der Waals surface area contributed by atoms with Crippen LogP contribution in [0.25, 0.3) is 10.9 Å². The van der Waals surface area contributed by atoms with Gasteiger partial charge in [-0.3, -0.25) is 9.88 Å². The van der Waals surface area contributed by atoms with Crippen molar-refractivity contribution in [3.05, 3.63) is 59.8 Å². The quantitative estimate of drug-likeness (QED) is 0.424. The Morgan fingerprint density at radius 3 is 2.15 bits per heavy atom. The van der Waals surface area contributed by atoms with E-state index >= 15 is 0 Å². The maximum Gasteiger partial charge on any atom is 0.490 e. The van der Waals surface area contributed by atoms with E-state index in [0.29, 0.717) is 6.61 Å². The van der Waals surface area contributed by atoms with E-state index in [1.807, 2.05) is 19.2 Å². The van der Waals surface area contributed by atoms with Crippen LogP contribution in [0.2, 0.25) is 0 Å². The third kappa shape index (κ3) is 9.21. The first-order valence-electron chi connectivity index (χ1n) is 11.5. The number of hydrogen-bond acceptors (Lipinski definition) is 6. The molecule has 4 rings (SSSR count). The zero-order valence-electron chi connectivity index (χ0n) is 20.8. The van der Waals surface area contributed by atoms with Gasteiger partial charge < -0.3 is 19.5 Å². The van der Waals surface area contributed by atoms with E-state index in [0.717, 1.165) is 43.3 Å². The molecule has 0 saturated heterocycles. The van der Waals surface area contributed by atoms with Crippen LogP contribution in [0.15, 0.2) is 42.6 Å². The largest absolute Gasteiger partial charge is 0.490 e. The Labute approximate surface area is 218 Å². The van der Waals surface area contributed by atoms with Crippen LogP contribution in [-0.2, 0) is 34.0 Å². The molecule has 1 aliphatic rings. The average molecular weight is 564 g/mol. The number of aliphatic carboxylic acids is 2. The number of imidazole rings is 1. The maximum absolute atomic E-state index is 10.6. The van der Waals surface area contributed by atoms with Crippen molar-refractivity contribution in [1.82, 2.24) is 19.4 Å². The minimum atomic E-state index is -5.08. The Morgan fingerprint density at radius 1 is 1.00 bits per heavy atom. The molecule has 39 heavy (non-hydrogen) atoms. The molecule has 1 unspecified atom stereocenters. The molecular formula is C24H26F6N4O5. The van der Waals surface area contributed by atoms with Crippen LogP contribution in [0.1, 0.15) is 37.1 Å². The number of rotatable bonds is 5. The van der Waals surface area contributed by atoms with Gasteiger partial charge in [0.2, 0.25) is 0 Å². The summed E-state index contributed by atoms with van der Waals surface area (Å²) in [6.45, 7) is 8.42. The van der Waals surface area contributed by atoms with Gasteiger partial charge in [-0.15, -0.1) is 0 Å². The third-order valence-electron chi connectivity index (χ3n) is 5.46. The van der Waals surface area contributed by atoms with E-state index in [1.54, 1.807) is 0 Å². The van der Waals surface area contributed by atoms with Gasteiger partial charge in [-0.05, 0) is 26.0 Å². The van der Waals surface area contributed by atoms with Gasteiger partial charge >= 0.3 is 24.3 Å². The summed E-state index contributed by atoms with van der Waals surface area (Å²) in [5, 5.41) is 15.4. The van der Waals surface area contributed by atoms with E-state index in [1.165, 1.54) is 11.1 Å². The smallest absolute Gasteiger partial charge is 0.475 e. The lowest BCUT2D eigenvalue weighted by atomic mass is 10.1. The molecule has 9 nitrogen and oxygen atoms in total. The summed E-state index contributed by atoms with van der Waals surface area (Å²) < 4.78 is 71.3. The number of fused-ring (bicyclic) bond motifs is 2. The first-order valence-corrected chi connectivity index (χ1v) is 11.5. The van der Waals surface area contributed by atoms with Crippen molar-refractivity contribution in [2.75, 3.05) is 13.2 Å². The molecule has 0 bridgehead atoms. The van der Waals surface area contributed by atoms with Gasteiger partial charge in [0.1, 0.15) is 5.82 Å². The van der Waals surface area contributed by atoms with E-state index in [9.17, 15) is 26.3 Å². The predicted molar refractivity (Wildman–Crippen MR) is 126 cm³/mol. The first-order chi connectivity index (χ1) is 18.1.